The van der Waals surface area contributed by atoms with Gasteiger partial charge in [-0.25, -0.2) is 0 Å². The van der Waals surface area contributed by atoms with Gasteiger partial charge < -0.3 is 9.64 Å². The molecule has 1 fully saturated rings. The Kier molecular flexibility index (Phi) is 4.70. The summed E-state index contributed by atoms with van der Waals surface area (Å²) in [6.07, 6.45) is 0. The van der Waals surface area contributed by atoms with E-state index in [1.54, 1.807) is 11.3 Å². The molecule has 1 aliphatic rings. The highest BCUT2D eigenvalue weighted by Gasteiger charge is 2.13. The van der Waals surface area contributed by atoms with Gasteiger partial charge in [0.2, 0.25) is 0 Å². The maximum absolute atomic E-state index is 12.6. The molecule has 25 heavy (non-hydrogen) atoms. The lowest BCUT2D eigenvalue weighted by molar-refractivity contribution is 0.134. The second kappa shape index (κ2) is 7.12. The van der Waals surface area contributed by atoms with Crippen LogP contribution >= 0.6 is 11.3 Å². The molecule has 0 aliphatic carbocycles. The summed E-state index contributed by atoms with van der Waals surface area (Å²) in [4.78, 5) is 17.4. The van der Waals surface area contributed by atoms with E-state index in [0.29, 0.717) is 6.61 Å². The van der Waals surface area contributed by atoms with Gasteiger partial charge in [-0.2, -0.15) is 0 Å². The Balaban J connectivity index is 1.49. The highest BCUT2D eigenvalue weighted by atomic mass is 32.1. The van der Waals surface area contributed by atoms with Gasteiger partial charge in [0.15, 0.2) is 5.43 Å². The van der Waals surface area contributed by atoms with Crippen LogP contribution in [0.15, 0.2) is 47.3 Å². The van der Waals surface area contributed by atoms with Gasteiger partial charge in [-0.1, -0.05) is 12.1 Å². The standard InChI is InChI=1S/C20H22N2O2S/c1-21-8-10-22(11-9-21)12-13-24-15-6-7-17-19(14-15)25-18-5-3-2-4-16(18)20(17)23/h2-7,14H,8-13H2,1H3. The number of fused-ring (bicyclic) bond motifs is 2. The smallest absolute Gasteiger partial charge is 0.195 e. The van der Waals surface area contributed by atoms with Crippen molar-refractivity contribution in [2.75, 3.05) is 46.4 Å². The largest absolute Gasteiger partial charge is 0.492 e. The quantitative estimate of drug-likeness (QED) is 0.674. The van der Waals surface area contributed by atoms with Gasteiger partial charge in [0.05, 0.1) is 0 Å². The van der Waals surface area contributed by atoms with Gasteiger partial charge in [-0.05, 0) is 37.4 Å². The minimum atomic E-state index is 0.105. The molecule has 0 N–H and O–H groups in total. The van der Waals surface area contributed by atoms with E-state index in [-0.39, 0.29) is 5.43 Å². The molecule has 2 heterocycles. The molecule has 4 rings (SSSR count). The predicted molar refractivity (Wildman–Crippen MR) is 105 cm³/mol. The Hall–Kier alpha value is -1.95. The number of likely N-dealkylation sites (N-methyl/N-ethyl adjacent to an activating group) is 1. The van der Waals surface area contributed by atoms with Crippen LogP contribution in [0.1, 0.15) is 0 Å². The van der Waals surface area contributed by atoms with E-state index < -0.39 is 0 Å². The summed E-state index contributed by atoms with van der Waals surface area (Å²) in [6, 6.07) is 13.6. The summed E-state index contributed by atoms with van der Waals surface area (Å²) in [7, 11) is 2.16. The molecule has 0 saturated carbocycles. The number of hydrogen-bond donors (Lipinski definition) is 0. The predicted octanol–water partition coefficient (Wildman–Crippen LogP) is 3.04. The van der Waals surface area contributed by atoms with E-state index in [4.69, 9.17) is 4.74 Å². The number of ether oxygens (including phenoxy) is 1. The molecule has 0 amide bonds. The number of hydrogen-bond acceptors (Lipinski definition) is 5. The molecule has 0 radical (unpaired) electrons. The lowest BCUT2D eigenvalue weighted by Gasteiger charge is -2.32. The summed E-state index contributed by atoms with van der Waals surface area (Å²) >= 11 is 1.65. The molecule has 1 saturated heterocycles. The molecular formula is C20H22N2O2S. The van der Waals surface area contributed by atoms with E-state index in [1.165, 1.54) is 0 Å². The third-order valence-corrected chi connectivity index (χ3v) is 5.96. The average molecular weight is 354 g/mol. The van der Waals surface area contributed by atoms with Crippen molar-refractivity contribution in [1.82, 2.24) is 9.80 Å². The van der Waals surface area contributed by atoms with Crippen molar-refractivity contribution in [3.8, 4) is 5.75 Å². The zero-order valence-corrected chi connectivity index (χ0v) is 15.2. The number of nitrogens with zero attached hydrogens (tertiary/aromatic N) is 2. The van der Waals surface area contributed by atoms with Crippen molar-refractivity contribution in [2.24, 2.45) is 0 Å². The van der Waals surface area contributed by atoms with Crippen LogP contribution in [0.25, 0.3) is 20.2 Å². The number of rotatable bonds is 4. The summed E-state index contributed by atoms with van der Waals surface area (Å²) in [6.45, 7) is 6.07. The van der Waals surface area contributed by atoms with Crippen molar-refractivity contribution < 1.29 is 4.74 Å². The monoisotopic (exact) mass is 354 g/mol. The van der Waals surface area contributed by atoms with Crippen molar-refractivity contribution in [2.45, 2.75) is 0 Å². The minimum absolute atomic E-state index is 0.105. The Morgan fingerprint density at radius 1 is 1.00 bits per heavy atom. The van der Waals surface area contributed by atoms with Gasteiger partial charge in [0.1, 0.15) is 12.4 Å². The van der Waals surface area contributed by atoms with Gasteiger partial charge in [0, 0.05) is 52.9 Å². The van der Waals surface area contributed by atoms with Crippen LogP contribution in [-0.4, -0.2) is 56.2 Å². The van der Waals surface area contributed by atoms with E-state index in [9.17, 15) is 4.79 Å². The Morgan fingerprint density at radius 2 is 1.76 bits per heavy atom. The van der Waals surface area contributed by atoms with Crippen LogP contribution in [0.3, 0.4) is 0 Å². The Labute approximate surface area is 151 Å². The first-order valence-electron chi connectivity index (χ1n) is 8.70. The topological polar surface area (TPSA) is 32.8 Å². The lowest BCUT2D eigenvalue weighted by Crippen LogP contribution is -2.45. The van der Waals surface area contributed by atoms with Gasteiger partial charge in [0.25, 0.3) is 0 Å². The van der Waals surface area contributed by atoms with E-state index in [1.807, 2.05) is 42.5 Å². The third kappa shape index (κ3) is 3.54. The van der Waals surface area contributed by atoms with E-state index in [0.717, 1.165) is 58.6 Å². The summed E-state index contributed by atoms with van der Waals surface area (Å²) in [5, 5.41) is 1.57. The maximum Gasteiger partial charge on any atom is 0.195 e. The zero-order valence-electron chi connectivity index (χ0n) is 14.4. The first-order valence-corrected chi connectivity index (χ1v) is 9.52. The SMILES string of the molecule is CN1CCN(CCOc2ccc3c(=O)c4ccccc4sc3c2)CC1. The van der Waals surface area contributed by atoms with Crippen LogP contribution in [-0.2, 0) is 0 Å². The molecule has 0 spiro atoms. The fraction of sp³-hybridized carbons (Fsp3) is 0.350. The Morgan fingerprint density at radius 3 is 2.60 bits per heavy atom. The third-order valence-electron chi connectivity index (χ3n) is 4.82. The molecule has 5 heteroatoms. The van der Waals surface area contributed by atoms with E-state index in [2.05, 4.69) is 16.8 Å². The molecule has 1 aromatic heterocycles. The maximum atomic E-state index is 12.6. The summed E-state index contributed by atoms with van der Waals surface area (Å²) < 4.78 is 7.95. The summed E-state index contributed by atoms with van der Waals surface area (Å²) in [5.74, 6) is 0.840. The molecule has 0 atom stereocenters. The number of piperazine rings is 1. The van der Waals surface area contributed by atoms with E-state index >= 15 is 0 Å². The summed E-state index contributed by atoms with van der Waals surface area (Å²) in [5.41, 5.74) is 0.105. The normalized spacial score (nSPS) is 16.5. The first-order chi connectivity index (χ1) is 12.2. The second-order valence-corrected chi connectivity index (χ2v) is 7.66. The van der Waals surface area contributed by atoms with Crippen molar-refractivity contribution >= 4 is 31.5 Å². The van der Waals surface area contributed by atoms with Crippen LogP contribution < -0.4 is 10.2 Å². The molecular weight excluding hydrogens is 332 g/mol. The van der Waals surface area contributed by atoms with Crippen molar-refractivity contribution in [3.63, 3.8) is 0 Å². The van der Waals surface area contributed by atoms with Gasteiger partial charge in [-0.15, -0.1) is 11.3 Å². The highest BCUT2D eigenvalue weighted by Crippen LogP contribution is 2.27. The molecule has 0 unspecified atom stereocenters. The lowest BCUT2D eigenvalue weighted by atomic mass is 10.2. The second-order valence-electron chi connectivity index (χ2n) is 6.58. The molecule has 4 nitrogen and oxygen atoms in total. The average Bonchev–Trinajstić information content (AvgIpc) is 2.63. The number of benzene rings is 2. The van der Waals surface area contributed by atoms with Crippen molar-refractivity contribution in [3.05, 3.63) is 52.7 Å². The fourth-order valence-corrected chi connectivity index (χ4v) is 4.34. The van der Waals surface area contributed by atoms with Gasteiger partial charge in [-0.3, -0.25) is 9.69 Å². The molecule has 130 valence electrons. The first kappa shape index (κ1) is 16.5. The van der Waals surface area contributed by atoms with Crippen LogP contribution in [0.5, 0.6) is 5.75 Å². The van der Waals surface area contributed by atoms with Crippen LogP contribution in [0, 0.1) is 0 Å². The van der Waals surface area contributed by atoms with Crippen LogP contribution in [0.2, 0.25) is 0 Å². The Bertz CT molecular complexity index is 945. The molecule has 1 aliphatic heterocycles. The fourth-order valence-electron chi connectivity index (χ4n) is 3.24. The molecule has 2 aromatic carbocycles. The van der Waals surface area contributed by atoms with Gasteiger partial charge >= 0.3 is 0 Å². The zero-order chi connectivity index (χ0) is 17.2. The molecule has 3 aromatic rings. The highest BCUT2D eigenvalue weighted by molar-refractivity contribution is 7.24. The van der Waals surface area contributed by atoms with Crippen molar-refractivity contribution in [1.29, 1.82) is 0 Å². The van der Waals surface area contributed by atoms with Crippen LogP contribution in [0.4, 0.5) is 0 Å². The molecule has 0 bridgehead atoms. The minimum Gasteiger partial charge on any atom is -0.492 e.